The van der Waals surface area contributed by atoms with Crippen LogP contribution in [-0.2, 0) is 16.0 Å². The molecule has 0 aliphatic carbocycles. The van der Waals surface area contributed by atoms with Crippen LogP contribution in [0.2, 0.25) is 0 Å². The van der Waals surface area contributed by atoms with Crippen LogP contribution in [0.1, 0.15) is 31.7 Å². The lowest BCUT2D eigenvalue weighted by atomic mass is 10.0. The average Bonchev–Trinajstić information content (AvgIpc) is 2.93. The lowest BCUT2D eigenvalue weighted by Gasteiger charge is -2.19. The van der Waals surface area contributed by atoms with Gasteiger partial charge in [0, 0.05) is 29.9 Å². The summed E-state index contributed by atoms with van der Waals surface area (Å²) in [5.41, 5.74) is 1.67. The van der Waals surface area contributed by atoms with Crippen LogP contribution in [0.3, 0.4) is 0 Å². The fourth-order valence-corrected chi connectivity index (χ4v) is 2.51. The molecule has 3 N–H and O–H groups in total. The van der Waals surface area contributed by atoms with Crippen molar-refractivity contribution in [3.8, 4) is 11.8 Å². The van der Waals surface area contributed by atoms with E-state index in [1.165, 1.54) is 12.1 Å². The molecule has 0 aliphatic heterocycles. The number of alkyl carbamates (subject to hydrolysis) is 1. The van der Waals surface area contributed by atoms with Crippen LogP contribution >= 0.6 is 0 Å². The highest BCUT2D eigenvalue weighted by molar-refractivity contribution is 5.81. The second-order valence-corrected chi connectivity index (χ2v) is 6.74. The summed E-state index contributed by atoms with van der Waals surface area (Å²) in [6, 6.07) is 6.91. The van der Waals surface area contributed by atoms with Gasteiger partial charge < -0.3 is 25.1 Å². The number of nitrogens with one attached hydrogen (secondary N) is 1. The third-order valence-corrected chi connectivity index (χ3v) is 3.80. The van der Waals surface area contributed by atoms with E-state index in [0.717, 1.165) is 11.4 Å². The van der Waals surface area contributed by atoms with Crippen molar-refractivity contribution in [2.45, 2.75) is 39.7 Å². The van der Waals surface area contributed by atoms with Gasteiger partial charge in [0.25, 0.3) is 0 Å². The molecular weight excluding hydrogens is 366 g/mol. The molecule has 0 bridgehead atoms. The smallest absolute Gasteiger partial charge is 0.407 e. The van der Waals surface area contributed by atoms with Gasteiger partial charge in [-0.25, -0.2) is 9.59 Å². The minimum Gasteiger partial charge on any atom is -0.492 e. The Morgan fingerprint density at radius 1 is 1.18 bits per heavy atom. The summed E-state index contributed by atoms with van der Waals surface area (Å²) in [5, 5.41) is 21.6. The van der Waals surface area contributed by atoms with Gasteiger partial charge in [0.2, 0.25) is 11.8 Å². The number of ether oxygens (including phenoxy) is 1. The Kier molecular flexibility index (Phi) is 7.25. The number of hydrogen-bond acceptors (Lipinski definition) is 7. The monoisotopic (exact) mass is 391 g/mol. The second-order valence-electron chi connectivity index (χ2n) is 6.74. The molecule has 0 fully saturated rings. The molecule has 2 heterocycles. The summed E-state index contributed by atoms with van der Waals surface area (Å²) in [7, 11) is 0. The summed E-state index contributed by atoms with van der Waals surface area (Å²) in [6.45, 7) is 5.73. The van der Waals surface area contributed by atoms with Crippen molar-refractivity contribution in [2.24, 2.45) is 5.92 Å². The van der Waals surface area contributed by atoms with Crippen LogP contribution in [0, 0.1) is 12.8 Å². The summed E-state index contributed by atoms with van der Waals surface area (Å²) < 4.78 is 5.70. The minimum absolute atomic E-state index is 0.0706. The third-order valence-electron chi connectivity index (χ3n) is 3.80. The molecule has 0 unspecified atom stereocenters. The maximum atomic E-state index is 12.4. The van der Waals surface area contributed by atoms with Gasteiger partial charge in [-0.05, 0) is 31.4 Å². The van der Waals surface area contributed by atoms with Gasteiger partial charge in [-0.3, -0.25) is 4.98 Å². The second kappa shape index (κ2) is 9.63. The number of carbonyl (C=O) groups excluding carboxylic acids is 2. The number of rotatable bonds is 8. The van der Waals surface area contributed by atoms with E-state index >= 15 is 0 Å². The maximum Gasteiger partial charge on any atom is 0.407 e. The Morgan fingerprint density at radius 3 is 2.46 bits per heavy atom. The summed E-state index contributed by atoms with van der Waals surface area (Å²) >= 11 is 0. The minimum atomic E-state index is -1.01. The molecule has 2 aromatic heterocycles. The largest absolute Gasteiger partial charge is 0.492 e. The first-order valence-electron chi connectivity index (χ1n) is 8.94. The van der Waals surface area contributed by atoms with Crippen LogP contribution in [0.4, 0.5) is 4.79 Å². The Hall–Kier alpha value is -3.23. The highest BCUT2D eigenvalue weighted by Gasteiger charge is 2.26. The van der Waals surface area contributed by atoms with E-state index in [1.54, 1.807) is 0 Å². The highest BCUT2D eigenvalue weighted by Crippen LogP contribution is 2.19. The molecule has 0 saturated heterocycles. The van der Waals surface area contributed by atoms with Gasteiger partial charge in [0.05, 0.1) is 6.61 Å². The van der Waals surface area contributed by atoms with Crippen LogP contribution in [0.15, 0.2) is 30.3 Å². The predicted octanol–water partition coefficient (Wildman–Crippen LogP) is 1.94. The Balaban J connectivity index is 1.91. The first-order chi connectivity index (χ1) is 13.3. The third kappa shape index (κ3) is 6.19. The van der Waals surface area contributed by atoms with Crippen molar-refractivity contribution in [3.63, 3.8) is 0 Å². The standard InChI is InChI=1S/C19H25N3O6/c1-12(2)11-15(18(25)28-22-16(23)7-8-17(22)24)21-19(26)27-10-9-14-6-4-5-13(3)20-14/h4-8,12,15,23-24H,9-11H2,1-3H3,(H,21,26)/t15-/m0/s1. The molecule has 0 radical (unpaired) electrons. The molecular formula is C19H25N3O6. The number of pyridine rings is 1. The van der Waals surface area contributed by atoms with Crippen LogP contribution in [-0.4, -0.2) is 44.6 Å². The number of amides is 1. The van der Waals surface area contributed by atoms with Crippen molar-refractivity contribution in [1.82, 2.24) is 15.0 Å². The fraction of sp³-hybridized carbons (Fsp3) is 0.421. The van der Waals surface area contributed by atoms with Crippen molar-refractivity contribution in [1.29, 1.82) is 0 Å². The zero-order valence-electron chi connectivity index (χ0n) is 16.1. The number of aromatic hydroxyl groups is 2. The summed E-state index contributed by atoms with van der Waals surface area (Å²) in [4.78, 5) is 33.7. The zero-order valence-corrected chi connectivity index (χ0v) is 16.1. The molecule has 2 rings (SSSR count). The maximum absolute atomic E-state index is 12.4. The van der Waals surface area contributed by atoms with E-state index in [4.69, 9.17) is 9.57 Å². The van der Waals surface area contributed by atoms with Crippen molar-refractivity contribution >= 4 is 12.1 Å². The Morgan fingerprint density at radius 2 is 1.86 bits per heavy atom. The molecule has 152 valence electrons. The van der Waals surface area contributed by atoms with E-state index in [9.17, 15) is 19.8 Å². The molecule has 0 aliphatic rings. The molecule has 0 saturated carbocycles. The van der Waals surface area contributed by atoms with Crippen molar-refractivity contribution in [3.05, 3.63) is 41.7 Å². The zero-order chi connectivity index (χ0) is 20.7. The molecule has 1 atom stereocenters. The van der Waals surface area contributed by atoms with Gasteiger partial charge in [0.15, 0.2) is 0 Å². The molecule has 9 nitrogen and oxygen atoms in total. The van der Waals surface area contributed by atoms with E-state index in [0.29, 0.717) is 11.2 Å². The van der Waals surface area contributed by atoms with E-state index in [2.05, 4.69) is 10.3 Å². The van der Waals surface area contributed by atoms with E-state index in [1.807, 2.05) is 39.0 Å². The lowest BCUT2D eigenvalue weighted by molar-refractivity contribution is -0.148. The molecule has 1 amide bonds. The van der Waals surface area contributed by atoms with Gasteiger partial charge in [-0.1, -0.05) is 19.9 Å². The van der Waals surface area contributed by atoms with Gasteiger partial charge in [-0.2, -0.15) is 0 Å². The predicted molar refractivity (Wildman–Crippen MR) is 99.8 cm³/mol. The molecule has 2 aromatic rings. The van der Waals surface area contributed by atoms with Gasteiger partial charge in [0.1, 0.15) is 6.04 Å². The normalized spacial score (nSPS) is 11.9. The van der Waals surface area contributed by atoms with Gasteiger partial charge in [-0.15, -0.1) is 4.73 Å². The summed E-state index contributed by atoms with van der Waals surface area (Å²) in [5.74, 6) is -1.65. The highest BCUT2D eigenvalue weighted by atomic mass is 16.7. The van der Waals surface area contributed by atoms with Crippen LogP contribution < -0.4 is 10.2 Å². The average molecular weight is 391 g/mol. The molecule has 28 heavy (non-hydrogen) atoms. The number of nitrogens with zero attached hydrogens (tertiary/aromatic N) is 2. The quantitative estimate of drug-likeness (QED) is 0.628. The number of carbonyl (C=O) groups is 2. The number of aryl methyl sites for hydroxylation is 1. The molecule has 0 spiro atoms. The Labute approximate surface area is 162 Å². The fourth-order valence-electron chi connectivity index (χ4n) is 2.51. The molecule has 0 aromatic carbocycles. The van der Waals surface area contributed by atoms with Crippen LogP contribution in [0.25, 0.3) is 0 Å². The van der Waals surface area contributed by atoms with E-state index in [-0.39, 0.29) is 18.9 Å². The first-order valence-corrected chi connectivity index (χ1v) is 8.94. The van der Waals surface area contributed by atoms with E-state index < -0.39 is 29.9 Å². The number of aromatic nitrogens is 2. The van der Waals surface area contributed by atoms with Crippen LogP contribution in [0.5, 0.6) is 11.8 Å². The van der Waals surface area contributed by atoms with Crippen molar-refractivity contribution in [2.75, 3.05) is 6.61 Å². The first kappa shape index (κ1) is 21.1. The molecule has 9 heteroatoms. The lowest BCUT2D eigenvalue weighted by Crippen LogP contribution is -2.45. The Bertz CT molecular complexity index is 798. The van der Waals surface area contributed by atoms with Gasteiger partial charge >= 0.3 is 12.1 Å². The van der Waals surface area contributed by atoms with Crippen molar-refractivity contribution < 1.29 is 29.4 Å². The summed E-state index contributed by atoms with van der Waals surface area (Å²) in [6.07, 6.45) is -0.0356. The topological polar surface area (TPSA) is 123 Å². The number of hydrogen-bond donors (Lipinski definition) is 3. The SMILES string of the molecule is Cc1cccc(CCOC(=O)N[C@@H](CC(C)C)C(=O)On2c(O)ccc2O)n1.